The fraction of sp³-hybridized carbons (Fsp3) is 0.833. The van der Waals surface area contributed by atoms with Crippen LogP contribution in [0.2, 0.25) is 0 Å². The number of thioether (sulfide) groups is 1. The van der Waals surface area contributed by atoms with Gasteiger partial charge in [-0.2, -0.15) is 0 Å². The molecule has 0 saturated carbocycles. The van der Waals surface area contributed by atoms with Crippen molar-refractivity contribution in [1.29, 1.82) is 0 Å². The summed E-state index contributed by atoms with van der Waals surface area (Å²) in [6, 6.07) is 0. The van der Waals surface area contributed by atoms with Crippen molar-refractivity contribution in [2.45, 2.75) is 31.4 Å². The highest BCUT2D eigenvalue weighted by Crippen LogP contribution is 2.26. The molecule has 0 amide bonds. The number of hydrogen-bond donors (Lipinski definition) is 0. The van der Waals surface area contributed by atoms with E-state index in [0.717, 1.165) is 0 Å². The molecule has 46 valence electrons. The molecular formula is C6H11NS. The van der Waals surface area contributed by atoms with Crippen LogP contribution in [-0.4, -0.2) is 16.3 Å². The molecule has 2 heteroatoms. The van der Waals surface area contributed by atoms with Crippen molar-refractivity contribution in [2.75, 3.05) is 0 Å². The molecular weight excluding hydrogens is 118 g/mol. The Balaban J connectivity index is 2.59. The van der Waals surface area contributed by atoms with Gasteiger partial charge in [0.25, 0.3) is 0 Å². The minimum atomic E-state index is 0.505. The SMILES string of the molecule is CC1=N[C@@H](C)S[C@@H]1C. The number of aliphatic imine (C=N–C) groups is 1. The van der Waals surface area contributed by atoms with Gasteiger partial charge in [-0.25, -0.2) is 0 Å². The lowest BCUT2D eigenvalue weighted by atomic mass is 10.3. The molecule has 0 spiro atoms. The summed E-state index contributed by atoms with van der Waals surface area (Å²) >= 11 is 1.92. The fourth-order valence-corrected chi connectivity index (χ4v) is 1.89. The third-order valence-corrected chi connectivity index (χ3v) is 2.62. The van der Waals surface area contributed by atoms with Crippen LogP contribution in [0, 0.1) is 0 Å². The summed E-state index contributed by atoms with van der Waals surface area (Å²) in [5, 5.41) is 1.16. The Morgan fingerprint density at radius 1 is 1.50 bits per heavy atom. The van der Waals surface area contributed by atoms with Gasteiger partial charge < -0.3 is 0 Å². The molecule has 1 heterocycles. The van der Waals surface area contributed by atoms with Crippen LogP contribution in [0.25, 0.3) is 0 Å². The van der Waals surface area contributed by atoms with Gasteiger partial charge in [0, 0.05) is 11.0 Å². The summed E-state index contributed by atoms with van der Waals surface area (Å²) in [6.45, 7) is 6.44. The van der Waals surface area contributed by atoms with Crippen LogP contribution in [0.15, 0.2) is 4.99 Å². The molecule has 0 aromatic carbocycles. The van der Waals surface area contributed by atoms with Crippen LogP contribution < -0.4 is 0 Å². The number of rotatable bonds is 0. The van der Waals surface area contributed by atoms with Crippen molar-refractivity contribution in [2.24, 2.45) is 4.99 Å². The Morgan fingerprint density at radius 2 is 2.12 bits per heavy atom. The van der Waals surface area contributed by atoms with Gasteiger partial charge in [0.15, 0.2) is 0 Å². The molecule has 0 bridgehead atoms. The van der Waals surface area contributed by atoms with E-state index in [1.54, 1.807) is 0 Å². The summed E-state index contributed by atoms with van der Waals surface area (Å²) in [4.78, 5) is 4.35. The van der Waals surface area contributed by atoms with E-state index in [1.165, 1.54) is 5.71 Å². The Hall–Kier alpha value is 0.0200. The van der Waals surface area contributed by atoms with E-state index in [4.69, 9.17) is 0 Å². The highest BCUT2D eigenvalue weighted by atomic mass is 32.2. The maximum atomic E-state index is 4.35. The Bertz CT molecular complexity index is 120. The van der Waals surface area contributed by atoms with Gasteiger partial charge in [-0.3, -0.25) is 4.99 Å². The molecule has 0 N–H and O–H groups in total. The minimum Gasteiger partial charge on any atom is -0.279 e. The van der Waals surface area contributed by atoms with E-state index >= 15 is 0 Å². The Morgan fingerprint density at radius 3 is 2.25 bits per heavy atom. The molecule has 0 fully saturated rings. The second-order valence-electron chi connectivity index (χ2n) is 2.15. The largest absolute Gasteiger partial charge is 0.279 e. The highest BCUT2D eigenvalue weighted by Gasteiger charge is 2.17. The van der Waals surface area contributed by atoms with Crippen LogP contribution >= 0.6 is 11.8 Å². The van der Waals surface area contributed by atoms with E-state index in [9.17, 15) is 0 Å². The fourth-order valence-electron chi connectivity index (χ4n) is 0.816. The number of hydrogen-bond acceptors (Lipinski definition) is 2. The maximum absolute atomic E-state index is 4.35. The average Bonchev–Trinajstić information content (AvgIpc) is 1.85. The van der Waals surface area contributed by atoms with Gasteiger partial charge in [0.1, 0.15) is 0 Å². The summed E-state index contributed by atoms with van der Waals surface area (Å²) in [5.74, 6) is 0. The molecule has 2 atom stereocenters. The second kappa shape index (κ2) is 2.09. The molecule has 1 rings (SSSR count). The van der Waals surface area contributed by atoms with E-state index in [0.29, 0.717) is 10.6 Å². The van der Waals surface area contributed by atoms with Crippen molar-refractivity contribution in [3.05, 3.63) is 0 Å². The van der Waals surface area contributed by atoms with Gasteiger partial charge in [0.05, 0.1) is 5.37 Å². The van der Waals surface area contributed by atoms with Gasteiger partial charge in [0.2, 0.25) is 0 Å². The molecule has 1 nitrogen and oxygen atoms in total. The van der Waals surface area contributed by atoms with E-state index in [2.05, 4.69) is 25.8 Å². The zero-order valence-corrected chi connectivity index (χ0v) is 6.33. The lowest BCUT2D eigenvalue weighted by Crippen LogP contribution is -2.01. The third kappa shape index (κ3) is 1.05. The van der Waals surface area contributed by atoms with Gasteiger partial charge in [-0.05, 0) is 20.8 Å². The van der Waals surface area contributed by atoms with E-state index < -0.39 is 0 Å². The molecule has 0 saturated heterocycles. The maximum Gasteiger partial charge on any atom is 0.0929 e. The van der Waals surface area contributed by atoms with Crippen LogP contribution in [0.4, 0.5) is 0 Å². The lowest BCUT2D eigenvalue weighted by Gasteiger charge is -1.98. The minimum absolute atomic E-state index is 0.505. The molecule has 0 aromatic rings. The Kier molecular flexibility index (Phi) is 1.61. The van der Waals surface area contributed by atoms with Crippen LogP contribution in [0.1, 0.15) is 20.8 Å². The first-order chi connectivity index (χ1) is 3.70. The first-order valence-electron chi connectivity index (χ1n) is 2.90. The molecule has 0 radical (unpaired) electrons. The smallest absolute Gasteiger partial charge is 0.0929 e. The summed E-state index contributed by atoms with van der Waals surface area (Å²) < 4.78 is 0. The third-order valence-electron chi connectivity index (χ3n) is 1.37. The van der Waals surface area contributed by atoms with Gasteiger partial charge >= 0.3 is 0 Å². The Labute approximate surface area is 54.6 Å². The van der Waals surface area contributed by atoms with Crippen molar-refractivity contribution >= 4 is 17.5 Å². The molecule has 0 unspecified atom stereocenters. The molecule has 1 aliphatic rings. The second-order valence-corrected chi connectivity index (χ2v) is 3.81. The topological polar surface area (TPSA) is 12.4 Å². The summed E-state index contributed by atoms with van der Waals surface area (Å²) in [7, 11) is 0. The number of nitrogens with zero attached hydrogens (tertiary/aromatic N) is 1. The summed E-state index contributed by atoms with van der Waals surface area (Å²) in [6.07, 6.45) is 0. The molecule has 8 heavy (non-hydrogen) atoms. The quantitative estimate of drug-likeness (QED) is 0.487. The van der Waals surface area contributed by atoms with E-state index in [-0.39, 0.29) is 0 Å². The van der Waals surface area contributed by atoms with Crippen molar-refractivity contribution in [3.8, 4) is 0 Å². The predicted molar refractivity (Wildman–Crippen MR) is 39.6 cm³/mol. The van der Waals surface area contributed by atoms with E-state index in [1.807, 2.05) is 11.8 Å². The zero-order valence-electron chi connectivity index (χ0n) is 5.51. The van der Waals surface area contributed by atoms with Crippen LogP contribution in [0.3, 0.4) is 0 Å². The van der Waals surface area contributed by atoms with Crippen molar-refractivity contribution < 1.29 is 0 Å². The van der Waals surface area contributed by atoms with Crippen LogP contribution in [-0.2, 0) is 0 Å². The lowest BCUT2D eigenvalue weighted by molar-refractivity contribution is 1.06. The normalized spacial score (nSPS) is 37.6. The van der Waals surface area contributed by atoms with Gasteiger partial charge in [-0.15, -0.1) is 11.8 Å². The first kappa shape index (κ1) is 6.14. The summed E-state index contributed by atoms with van der Waals surface area (Å²) in [5.41, 5.74) is 1.29. The van der Waals surface area contributed by atoms with Crippen LogP contribution in [0.5, 0.6) is 0 Å². The van der Waals surface area contributed by atoms with Crippen molar-refractivity contribution in [3.63, 3.8) is 0 Å². The average molecular weight is 129 g/mol. The van der Waals surface area contributed by atoms with Gasteiger partial charge in [-0.1, -0.05) is 0 Å². The first-order valence-corrected chi connectivity index (χ1v) is 3.84. The molecule has 1 aliphatic heterocycles. The standard InChI is InChI=1S/C6H11NS/c1-4-5(2)8-6(3)7-4/h5-6H,1-3H3/t5-,6-/m1/s1. The monoisotopic (exact) mass is 129 g/mol. The predicted octanol–water partition coefficient (Wildman–Crippen LogP) is 1.93. The van der Waals surface area contributed by atoms with Crippen molar-refractivity contribution in [1.82, 2.24) is 0 Å². The molecule has 0 aromatic heterocycles. The zero-order chi connectivity index (χ0) is 6.15. The highest BCUT2D eigenvalue weighted by molar-refractivity contribution is 8.01. The molecule has 0 aliphatic carbocycles.